The zero-order chi connectivity index (χ0) is 13.2. The SMILES string of the molecule is Fc1cc(Br)ccc1CNc1cccc2cn[nH]c12. The van der Waals surface area contributed by atoms with Gasteiger partial charge < -0.3 is 5.32 Å². The summed E-state index contributed by atoms with van der Waals surface area (Å²) in [5.41, 5.74) is 2.47. The minimum atomic E-state index is -0.223. The van der Waals surface area contributed by atoms with E-state index in [1.807, 2.05) is 24.3 Å². The molecule has 0 saturated carbocycles. The van der Waals surface area contributed by atoms with E-state index in [2.05, 4.69) is 31.4 Å². The van der Waals surface area contributed by atoms with Gasteiger partial charge in [0.05, 0.1) is 17.4 Å². The van der Waals surface area contributed by atoms with E-state index in [1.165, 1.54) is 6.07 Å². The molecule has 19 heavy (non-hydrogen) atoms. The molecule has 2 N–H and O–H groups in total. The number of aromatic nitrogens is 2. The first-order valence-corrected chi connectivity index (χ1v) is 6.63. The van der Waals surface area contributed by atoms with Gasteiger partial charge in [0.2, 0.25) is 0 Å². The smallest absolute Gasteiger partial charge is 0.129 e. The van der Waals surface area contributed by atoms with E-state index in [0.717, 1.165) is 21.1 Å². The molecule has 0 bridgehead atoms. The molecule has 2 aromatic carbocycles. The summed E-state index contributed by atoms with van der Waals surface area (Å²) >= 11 is 3.25. The normalized spacial score (nSPS) is 10.8. The Morgan fingerprint density at radius 2 is 2.16 bits per heavy atom. The third kappa shape index (κ3) is 2.46. The van der Waals surface area contributed by atoms with Gasteiger partial charge in [0.15, 0.2) is 0 Å². The second kappa shape index (κ2) is 5.01. The van der Waals surface area contributed by atoms with Crippen molar-refractivity contribution in [2.75, 3.05) is 5.32 Å². The van der Waals surface area contributed by atoms with Crippen molar-refractivity contribution >= 4 is 32.5 Å². The standard InChI is InChI=1S/C14H11BrFN3/c15-11-5-4-9(12(16)6-11)7-17-13-3-1-2-10-8-18-19-14(10)13/h1-6,8,17H,7H2,(H,18,19). The second-order valence-electron chi connectivity index (χ2n) is 4.23. The molecule has 96 valence electrons. The van der Waals surface area contributed by atoms with Gasteiger partial charge >= 0.3 is 0 Å². The number of anilines is 1. The fourth-order valence-electron chi connectivity index (χ4n) is 1.97. The van der Waals surface area contributed by atoms with E-state index < -0.39 is 0 Å². The molecule has 3 rings (SSSR count). The van der Waals surface area contributed by atoms with Crippen molar-refractivity contribution in [1.29, 1.82) is 0 Å². The molecule has 0 amide bonds. The van der Waals surface area contributed by atoms with E-state index in [9.17, 15) is 4.39 Å². The highest BCUT2D eigenvalue weighted by atomic mass is 79.9. The lowest BCUT2D eigenvalue weighted by molar-refractivity contribution is 0.612. The van der Waals surface area contributed by atoms with Crippen molar-refractivity contribution in [3.05, 3.63) is 58.4 Å². The lowest BCUT2D eigenvalue weighted by Crippen LogP contribution is -2.02. The predicted molar refractivity (Wildman–Crippen MR) is 77.5 cm³/mol. The maximum Gasteiger partial charge on any atom is 0.129 e. The molecule has 0 fully saturated rings. The minimum absolute atomic E-state index is 0.223. The van der Waals surface area contributed by atoms with Gasteiger partial charge in [-0.05, 0) is 18.2 Å². The van der Waals surface area contributed by atoms with Crippen molar-refractivity contribution in [3.63, 3.8) is 0 Å². The molecule has 0 aliphatic rings. The summed E-state index contributed by atoms with van der Waals surface area (Å²) < 4.78 is 14.5. The van der Waals surface area contributed by atoms with Gasteiger partial charge in [-0.25, -0.2) is 4.39 Å². The molecule has 1 heterocycles. The zero-order valence-corrected chi connectivity index (χ0v) is 11.5. The summed E-state index contributed by atoms with van der Waals surface area (Å²) in [4.78, 5) is 0. The third-order valence-electron chi connectivity index (χ3n) is 2.96. The lowest BCUT2D eigenvalue weighted by Gasteiger charge is -2.08. The second-order valence-corrected chi connectivity index (χ2v) is 5.14. The van der Waals surface area contributed by atoms with Gasteiger partial charge in [-0.15, -0.1) is 0 Å². The van der Waals surface area contributed by atoms with Gasteiger partial charge in [0.1, 0.15) is 5.82 Å². The van der Waals surface area contributed by atoms with Crippen molar-refractivity contribution in [1.82, 2.24) is 10.2 Å². The molecular weight excluding hydrogens is 309 g/mol. The van der Waals surface area contributed by atoms with E-state index >= 15 is 0 Å². The predicted octanol–water partition coefficient (Wildman–Crippen LogP) is 4.08. The highest BCUT2D eigenvalue weighted by Crippen LogP contribution is 2.22. The average molecular weight is 320 g/mol. The topological polar surface area (TPSA) is 40.7 Å². The minimum Gasteiger partial charge on any atom is -0.379 e. The Labute approximate surface area is 118 Å². The van der Waals surface area contributed by atoms with Crippen LogP contribution in [0.2, 0.25) is 0 Å². The van der Waals surface area contributed by atoms with Gasteiger partial charge in [0, 0.05) is 22.0 Å². The first kappa shape index (κ1) is 12.2. The number of hydrogen-bond acceptors (Lipinski definition) is 2. The van der Waals surface area contributed by atoms with Gasteiger partial charge in [-0.1, -0.05) is 34.1 Å². The zero-order valence-electron chi connectivity index (χ0n) is 9.95. The number of rotatable bonds is 3. The maximum absolute atomic E-state index is 13.7. The highest BCUT2D eigenvalue weighted by molar-refractivity contribution is 9.10. The Kier molecular flexibility index (Phi) is 3.21. The molecule has 0 spiro atoms. The Morgan fingerprint density at radius 3 is 3.00 bits per heavy atom. The molecule has 0 radical (unpaired) electrons. The number of hydrogen-bond donors (Lipinski definition) is 2. The number of nitrogens with zero attached hydrogens (tertiary/aromatic N) is 1. The van der Waals surface area contributed by atoms with Crippen molar-refractivity contribution in [3.8, 4) is 0 Å². The number of fused-ring (bicyclic) bond motifs is 1. The summed E-state index contributed by atoms with van der Waals surface area (Å²) in [7, 11) is 0. The average Bonchev–Trinajstić information content (AvgIpc) is 2.86. The Bertz CT molecular complexity index is 724. The molecule has 0 atom stereocenters. The molecule has 0 aliphatic heterocycles. The molecular formula is C14H11BrFN3. The quantitative estimate of drug-likeness (QED) is 0.763. The van der Waals surface area contributed by atoms with E-state index in [4.69, 9.17) is 0 Å². The van der Waals surface area contributed by atoms with Crippen LogP contribution in [0.1, 0.15) is 5.56 Å². The van der Waals surface area contributed by atoms with Crippen LogP contribution in [0.15, 0.2) is 47.1 Å². The van der Waals surface area contributed by atoms with Crippen molar-refractivity contribution in [2.45, 2.75) is 6.54 Å². The molecule has 0 saturated heterocycles. The summed E-state index contributed by atoms with van der Waals surface area (Å²) in [6.45, 7) is 0.428. The Balaban J connectivity index is 1.84. The summed E-state index contributed by atoms with van der Waals surface area (Å²) in [5, 5.41) is 11.2. The number of H-pyrrole nitrogens is 1. The first-order valence-electron chi connectivity index (χ1n) is 5.84. The fraction of sp³-hybridized carbons (Fsp3) is 0.0714. The number of benzene rings is 2. The first-order chi connectivity index (χ1) is 9.24. The number of aromatic amines is 1. The molecule has 1 aromatic heterocycles. The number of para-hydroxylation sites is 1. The Morgan fingerprint density at radius 1 is 1.26 bits per heavy atom. The van der Waals surface area contributed by atoms with Crippen LogP contribution in [-0.2, 0) is 6.54 Å². The number of halogens is 2. The fourth-order valence-corrected chi connectivity index (χ4v) is 2.30. The van der Waals surface area contributed by atoms with Crippen LogP contribution in [-0.4, -0.2) is 10.2 Å². The van der Waals surface area contributed by atoms with Crippen LogP contribution in [0.3, 0.4) is 0 Å². The van der Waals surface area contributed by atoms with Gasteiger partial charge in [-0.2, -0.15) is 5.10 Å². The van der Waals surface area contributed by atoms with Crippen LogP contribution in [0.5, 0.6) is 0 Å². The van der Waals surface area contributed by atoms with Crippen LogP contribution in [0.4, 0.5) is 10.1 Å². The third-order valence-corrected chi connectivity index (χ3v) is 3.45. The molecule has 3 nitrogen and oxygen atoms in total. The van der Waals surface area contributed by atoms with Crippen LogP contribution in [0.25, 0.3) is 10.9 Å². The highest BCUT2D eigenvalue weighted by Gasteiger charge is 2.05. The van der Waals surface area contributed by atoms with Crippen molar-refractivity contribution < 1.29 is 4.39 Å². The maximum atomic E-state index is 13.7. The lowest BCUT2D eigenvalue weighted by atomic mass is 10.2. The van der Waals surface area contributed by atoms with Gasteiger partial charge in [0.25, 0.3) is 0 Å². The molecule has 5 heteroatoms. The van der Waals surface area contributed by atoms with Gasteiger partial charge in [-0.3, -0.25) is 5.10 Å². The van der Waals surface area contributed by atoms with Crippen LogP contribution < -0.4 is 5.32 Å². The Hall–Kier alpha value is -1.88. The summed E-state index contributed by atoms with van der Waals surface area (Å²) in [6, 6.07) is 10.9. The summed E-state index contributed by atoms with van der Waals surface area (Å²) in [6.07, 6.45) is 1.76. The number of nitrogens with one attached hydrogen (secondary N) is 2. The largest absolute Gasteiger partial charge is 0.379 e. The molecule has 3 aromatic rings. The molecule has 0 unspecified atom stereocenters. The van der Waals surface area contributed by atoms with E-state index in [1.54, 1.807) is 12.3 Å². The monoisotopic (exact) mass is 319 g/mol. The van der Waals surface area contributed by atoms with Crippen molar-refractivity contribution in [2.24, 2.45) is 0 Å². The van der Waals surface area contributed by atoms with Crippen LogP contribution in [0, 0.1) is 5.82 Å². The van der Waals surface area contributed by atoms with E-state index in [0.29, 0.717) is 12.1 Å². The van der Waals surface area contributed by atoms with E-state index in [-0.39, 0.29) is 5.82 Å². The molecule has 0 aliphatic carbocycles. The summed E-state index contributed by atoms with van der Waals surface area (Å²) in [5.74, 6) is -0.223. The van der Waals surface area contributed by atoms with Crippen LogP contribution >= 0.6 is 15.9 Å².